The molecule has 1 aromatic carbocycles. The summed E-state index contributed by atoms with van der Waals surface area (Å²) in [7, 11) is 0. The highest BCUT2D eigenvalue weighted by Crippen LogP contribution is 2.18. The molecule has 1 fully saturated rings. The highest BCUT2D eigenvalue weighted by molar-refractivity contribution is 8.01. The Hall–Kier alpha value is -2.09. The van der Waals surface area contributed by atoms with Crippen molar-refractivity contribution in [2.24, 2.45) is 0 Å². The molecule has 6 nitrogen and oxygen atoms in total. The number of nitrogens with one attached hydrogen (secondary N) is 2. The summed E-state index contributed by atoms with van der Waals surface area (Å²) >= 11 is 1.10. The quantitative estimate of drug-likeness (QED) is 0.694. The first-order valence-corrected chi connectivity index (χ1v) is 8.62. The molecule has 0 radical (unpaired) electrons. The van der Waals surface area contributed by atoms with Crippen LogP contribution in [0, 0.1) is 5.82 Å². The lowest BCUT2D eigenvalue weighted by Gasteiger charge is -2.11. The molecule has 24 heavy (non-hydrogen) atoms. The molecule has 0 aliphatic heterocycles. The largest absolute Gasteiger partial charge is 0.455 e. The third kappa shape index (κ3) is 6.57. The van der Waals surface area contributed by atoms with Gasteiger partial charge in [-0.1, -0.05) is 0 Å². The minimum absolute atomic E-state index is 0.0436. The summed E-state index contributed by atoms with van der Waals surface area (Å²) < 4.78 is 17.7. The van der Waals surface area contributed by atoms with E-state index in [1.165, 1.54) is 24.3 Å². The lowest BCUT2D eigenvalue weighted by molar-refractivity contribution is -0.147. The molecule has 0 spiro atoms. The summed E-state index contributed by atoms with van der Waals surface area (Å²) in [6, 6.07) is 5.62. The van der Waals surface area contributed by atoms with E-state index in [1.807, 2.05) is 0 Å². The number of carbonyl (C=O) groups excluding carboxylic acids is 3. The average Bonchev–Trinajstić information content (AvgIpc) is 3.36. The Labute approximate surface area is 143 Å². The zero-order chi connectivity index (χ0) is 17.5. The Morgan fingerprint density at radius 3 is 2.54 bits per heavy atom. The maximum Gasteiger partial charge on any atom is 0.319 e. The molecule has 0 bridgehead atoms. The fraction of sp³-hybridized carbons (Fsp3) is 0.438. The van der Waals surface area contributed by atoms with E-state index in [0.717, 1.165) is 24.6 Å². The first-order valence-electron chi connectivity index (χ1n) is 7.57. The van der Waals surface area contributed by atoms with Crippen LogP contribution in [-0.4, -0.2) is 41.4 Å². The van der Waals surface area contributed by atoms with Crippen LogP contribution in [-0.2, 0) is 19.1 Å². The fourth-order valence-electron chi connectivity index (χ4n) is 1.75. The SMILES string of the molecule is C[C@H](SCC(=O)Nc1ccc(F)cc1)C(=O)OCC(=O)NC1CC1. The van der Waals surface area contributed by atoms with Gasteiger partial charge < -0.3 is 15.4 Å². The van der Waals surface area contributed by atoms with Gasteiger partial charge in [0.15, 0.2) is 6.61 Å². The van der Waals surface area contributed by atoms with Gasteiger partial charge in [0.25, 0.3) is 5.91 Å². The molecule has 2 rings (SSSR count). The lowest BCUT2D eigenvalue weighted by Crippen LogP contribution is -2.32. The van der Waals surface area contributed by atoms with Crippen molar-refractivity contribution in [2.75, 3.05) is 17.7 Å². The number of carbonyl (C=O) groups is 3. The molecule has 0 heterocycles. The number of benzene rings is 1. The molecule has 2 amide bonds. The second-order valence-corrected chi connectivity index (χ2v) is 6.79. The Morgan fingerprint density at radius 1 is 1.25 bits per heavy atom. The normalized spacial score (nSPS) is 14.6. The fourth-order valence-corrected chi connectivity index (χ4v) is 2.43. The number of halogens is 1. The Morgan fingerprint density at radius 2 is 1.92 bits per heavy atom. The van der Waals surface area contributed by atoms with E-state index in [-0.39, 0.29) is 36.0 Å². The van der Waals surface area contributed by atoms with Crippen molar-refractivity contribution in [1.29, 1.82) is 0 Å². The van der Waals surface area contributed by atoms with Crippen molar-refractivity contribution in [3.05, 3.63) is 30.1 Å². The van der Waals surface area contributed by atoms with E-state index in [0.29, 0.717) is 5.69 Å². The number of anilines is 1. The van der Waals surface area contributed by atoms with Crippen molar-refractivity contribution in [3.8, 4) is 0 Å². The van der Waals surface area contributed by atoms with Crippen molar-refractivity contribution >= 4 is 35.2 Å². The maximum absolute atomic E-state index is 12.8. The Bertz CT molecular complexity index is 605. The molecule has 1 saturated carbocycles. The standard InChI is InChI=1S/C16H19FN2O4S/c1-10(16(22)23-8-14(20)18-13-6-7-13)24-9-15(21)19-12-4-2-11(17)3-5-12/h2-5,10,13H,6-9H2,1H3,(H,18,20)(H,19,21)/t10-/m0/s1. The molecule has 1 atom stereocenters. The summed E-state index contributed by atoms with van der Waals surface area (Å²) in [6.07, 6.45) is 1.93. The number of hydrogen-bond acceptors (Lipinski definition) is 5. The molecule has 2 N–H and O–H groups in total. The summed E-state index contributed by atoms with van der Waals surface area (Å²) in [6.45, 7) is 1.30. The van der Waals surface area contributed by atoms with Gasteiger partial charge in [0, 0.05) is 11.7 Å². The van der Waals surface area contributed by atoms with Crippen molar-refractivity contribution in [3.63, 3.8) is 0 Å². The smallest absolute Gasteiger partial charge is 0.319 e. The first-order chi connectivity index (χ1) is 11.4. The van der Waals surface area contributed by atoms with E-state index in [2.05, 4.69) is 10.6 Å². The highest BCUT2D eigenvalue weighted by atomic mass is 32.2. The number of thioether (sulfide) groups is 1. The maximum atomic E-state index is 12.8. The number of ether oxygens (including phenoxy) is 1. The van der Waals surface area contributed by atoms with Crippen LogP contribution in [0.2, 0.25) is 0 Å². The van der Waals surface area contributed by atoms with Crippen molar-refractivity contribution in [2.45, 2.75) is 31.1 Å². The summed E-state index contributed by atoms with van der Waals surface area (Å²) in [4.78, 5) is 35.0. The molecule has 1 aromatic rings. The van der Waals surface area contributed by atoms with Gasteiger partial charge in [-0.2, -0.15) is 0 Å². The van der Waals surface area contributed by atoms with Gasteiger partial charge in [-0.15, -0.1) is 11.8 Å². The summed E-state index contributed by atoms with van der Waals surface area (Å²) in [5, 5.41) is 4.74. The number of rotatable bonds is 8. The molecule has 0 unspecified atom stereocenters. The molecule has 130 valence electrons. The van der Waals surface area contributed by atoms with Crippen LogP contribution >= 0.6 is 11.8 Å². The lowest BCUT2D eigenvalue weighted by atomic mass is 10.3. The Kier molecular flexibility index (Phi) is 6.60. The van der Waals surface area contributed by atoms with Crippen LogP contribution in [0.5, 0.6) is 0 Å². The third-order valence-corrected chi connectivity index (χ3v) is 4.33. The van der Waals surface area contributed by atoms with Crippen LogP contribution in [0.3, 0.4) is 0 Å². The molecular formula is C16H19FN2O4S. The monoisotopic (exact) mass is 354 g/mol. The number of esters is 1. The minimum Gasteiger partial charge on any atom is -0.455 e. The van der Waals surface area contributed by atoms with Gasteiger partial charge >= 0.3 is 5.97 Å². The number of amides is 2. The second kappa shape index (κ2) is 8.68. The molecule has 8 heteroatoms. The topological polar surface area (TPSA) is 84.5 Å². The van der Waals surface area contributed by atoms with Gasteiger partial charge in [0.1, 0.15) is 11.1 Å². The zero-order valence-electron chi connectivity index (χ0n) is 13.2. The molecule has 0 aromatic heterocycles. The molecule has 1 aliphatic rings. The van der Waals surface area contributed by atoms with Crippen molar-refractivity contribution < 1.29 is 23.5 Å². The van der Waals surface area contributed by atoms with E-state index in [4.69, 9.17) is 4.74 Å². The average molecular weight is 354 g/mol. The molecule has 0 saturated heterocycles. The Balaban J connectivity index is 1.64. The van der Waals surface area contributed by atoms with E-state index < -0.39 is 11.2 Å². The summed E-state index contributed by atoms with van der Waals surface area (Å²) in [5.74, 6) is -1.50. The summed E-state index contributed by atoms with van der Waals surface area (Å²) in [5.41, 5.74) is 0.481. The molecule has 1 aliphatic carbocycles. The predicted octanol–water partition coefficient (Wildman–Crippen LogP) is 1.71. The van der Waals surface area contributed by atoms with Gasteiger partial charge in [-0.3, -0.25) is 14.4 Å². The van der Waals surface area contributed by atoms with Crippen LogP contribution < -0.4 is 10.6 Å². The number of hydrogen-bond donors (Lipinski definition) is 2. The first kappa shape index (κ1) is 18.3. The van der Waals surface area contributed by atoms with Crippen molar-refractivity contribution in [1.82, 2.24) is 5.32 Å². The van der Waals surface area contributed by atoms with Crippen LogP contribution in [0.4, 0.5) is 10.1 Å². The van der Waals surface area contributed by atoms with Crippen LogP contribution in [0.15, 0.2) is 24.3 Å². The third-order valence-electron chi connectivity index (χ3n) is 3.21. The highest BCUT2D eigenvalue weighted by Gasteiger charge is 2.24. The zero-order valence-corrected chi connectivity index (χ0v) is 14.0. The van der Waals surface area contributed by atoms with Gasteiger partial charge in [0.2, 0.25) is 5.91 Å². The van der Waals surface area contributed by atoms with E-state index in [1.54, 1.807) is 6.92 Å². The van der Waals surface area contributed by atoms with Gasteiger partial charge in [0.05, 0.1) is 5.75 Å². The molecular weight excluding hydrogens is 335 g/mol. The predicted molar refractivity (Wildman–Crippen MR) is 89.1 cm³/mol. The van der Waals surface area contributed by atoms with Gasteiger partial charge in [-0.25, -0.2) is 4.39 Å². The van der Waals surface area contributed by atoms with E-state index in [9.17, 15) is 18.8 Å². The van der Waals surface area contributed by atoms with Gasteiger partial charge in [-0.05, 0) is 44.0 Å². The van der Waals surface area contributed by atoms with E-state index >= 15 is 0 Å². The van der Waals surface area contributed by atoms with Crippen LogP contribution in [0.1, 0.15) is 19.8 Å². The minimum atomic E-state index is -0.572. The second-order valence-electron chi connectivity index (χ2n) is 5.46. The van der Waals surface area contributed by atoms with Crippen LogP contribution in [0.25, 0.3) is 0 Å².